The standard InChI is InChI=1S/C13H25NO3/c1-12(2,3)7-9(10-8-16-10)14-11(15)17-13(4,5)6/h9-10H,7-8H2,1-6H3,(H,14,15)/t9-,10+/m0/s1. The molecule has 1 amide bonds. The number of ether oxygens (including phenoxy) is 2. The van der Waals surface area contributed by atoms with Crippen LogP contribution >= 0.6 is 0 Å². The third kappa shape index (κ3) is 6.51. The fourth-order valence-electron chi connectivity index (χ4n) is 1.68. The van der Waals surface area contributed by atoms with Crippen LogP contribution in [0, 0.1) is 5.41 Å². The number of carbonyl (C=O) groups excluding carboxylic acids is 1. The zero-order chi connectivity index (χ0) is 13.3. The fraction of sp³-hybridized carbons (Fsp3) is 0.923. The molecule has 2 atom stereocenters. The van der Waals surface area contributed by atoms with Crippen LogP contribution in [-0.4, -0.2) is 30.4 Å². The predicted octanol–water partition coefficient (Wildman–Crippen LogP) is 2.71. The molecule has 0 unspecified atom stereocenters. The van der Waals surface area contributed by atoms with Crippen LogP contribution in [0.25, 0.3) is 0 Å². The Morgan fingerprint density at radius 3 is 2.24 bits per heavy atom. The lowest BCUT2D eigenvalue weighted by molar-refractivity contribution is 0.0481. The molecule has 1 N–H and O–H groups in total. The Balaban J connectivity index is 2.47. The Morgan fingerprint density at radius 2 is 1.88 bits per heavy atom. The average molecular weight is 243 g/mol. The molecule has 0 aromatic rings. The highest BCUT2D eigenvalue weighted by molar-refractivity contribution is 5.68. The van der Waals surface area contributed by atoms with Crippen LogP contribution in [0.5, 0.6) is 0 Å². The second kappa shape index (κ2) is 4.84. The summed E-state index contributed by atoms with van der Waals surface area (Å²) in [6.07, 6.45) is 0.681. The van der Waals surface area contributed by atoms with Crippen molar-refractivity contribution in [2.75, 3.05) is 6.61 Å². The minimum absolute atomic E-state index is 0.0462. The van der Waals surface area contributed by atoms with Gasteiger partial charge < -0.3 is 14.8 Å². The summed E-state index contributed by atoms with van der Waals surface area (Å²) in [5, 5.41) is 2.91. The summed E-state index contributed by atoms with van der Waals surface area (Å²) in [6.45, 7) is 12.8. The summed E-state index contributed by atoms with van der Waals surface area (Å²) < 4.78 is 10.5. The maximum absolute atomic E-state index is 11.7. The number of hydrogen-bond acceptors (Lipinski definition) is 3. The summed E-state index contributed by atoms with van der Waals surface area (Å²) in [6, 6.07) is 0.0462. The van der Waals surface area contributed by atoms with Crippen LogP contribution in [0.4, 0.5) is 4.79 Å². The molecule has 0 bridgehead atoms. The normalized spacial score (nSPS) is 21.9. The first kappa shape index (κ1) is 14.3. The van der Waals surface area contributed by atoms with Gasteiger partial charge in [0, 0.05) is 0 Å². The quantitative estimate of drug-likeness (QED) is 0.775. The molecule has 0 radical (unpaired) electrons. The van der Waals surface area contributed by atoms with Crippen LogP contribution in [0.1, 0.15) is 48.0 Å². The first-order chi connectivity index (χ1) is 7.57. The van der Waals surface area contributed by atoms with Crippen molar-refractivity contribution in [1.29, 1.82) is 0 Å². The Bertz CT molecular complexity index is 271. The van der Waals surface area contributed by atoms with Crippen molar-refractivity contribution in [1.82, 2.24) is 5.32 Å². The van der Waals surface area contributed by atoms with Crippen molar-refractivity contribution in [2.45, 2.75) is 65.7 Å². The first-order valence-corrected chi connectivity index (χ1v) is 6.18. The summed E-state index contributed by atoms with van der Waals surface area (Å²) >= 11 is 0. The Morgan fingerprint density at radius 1 is 1.35 bits per heavy atom. The molecule has 1 heterocycles. The van der Waals surface area contributed by atoms with E-state index in [0.29, 0.717) is 0 Å². The molecule has 1 saturated heterocycles. The number of nitrogens with one attached hydrogen (secondary N) is 1. The van der Waals surface area contributed by atoms with E-state index in [-0.39, 0.29) is 23.7 Å². The number of hydrogen-bond donors (Lipinski definition) is 1. The highest BCUT2D eigenvalue weighted by atomic mass is 16.6. The highest BCUT2D eigenvalue weighted by Gasteiger charge is 2.37. The van der Waals surface area contributed by atoms with Gasteiger partial charge in [0.25, 0.3) is 0 Å². The molecular formula is C13H25NO3. The van der Waals surface area contributed by atoms with E-state index in [0.717, 1.165) is 13.0 Å². The predicted molar refractivity (Wildman–Crippen MR) is 67.0 cm³/mol. The van der Waals surface area contributed by atoms with Gasteiger partial charge in [-0.05, 0) is 32.6 Å². The molecular weight excluding hydrogens is 218 g/mol. The molecule has 1 aliphatic rings. The molecule has 0 aliphatic carbocycles. The molecule has 1 fully saturated rings. The van der Waals surface area contributed by atoms with E-state index < -0.39 is 5.60 Å². The molecule has 1 aliphatic heterocycles. The first-order valence-electron chi connectivity index (χ1n) is 6.18. The molecule has 17 heavy (non-hydrogen) atoms. The van der Waals surface area contributed by atoms with Crippen molar-refractivity contribution in [3.05, 3.63) is 0 Å². The van der Waals surface area contributed by atoms with E-state index >= 15 is 0 Å². The Kier molecular flexibility index (Phi) is 4.07. The molecule has 1 rings (SSSR count). The van der Waals surface area contributed by atoms with Crippen molar-refractivity contribution in [2.24, 2.45) is 5.41 Å². The second-order valence-electron chi connectivity index (χ2n) is 6.89. The SMILES string of the molecule is CC(C)(C)C[C@H](NC(=O)OC(C)(C)C)[C@H]1CO1. The maximum atomic E-state index is 11.7. The minimum Gasteiger partial charge on any atom is -0.444 e. The smallest absolute Gasteiger partial charge is 0.407 e. The number of carbonyl (C=O) groups is 1. The summed E-state index contributed by atoms with van der Waals surface area (Å²) in [5.74, 6) is 0. The molecule has 4 heteroatoms. The Hall–Kier alpha value is -0.770. The molecule has 0 aromatic heterocycles. The third-order valence-electron chi connectivity index (χ3n) is 2.34. The topological polar surface area (TPSA) is 50.9 Å². The van der Waals surface area contributed by atoms with Gasteiger partial charge in [-0.15, -0.1) is 0 Å². The Labute approximate surface area is 104 Å². The summed E-state index contributed by atoms with van der Waals surface area (Å²) in [7, 11) is 0. The van der Waals surface area contributed by atoms with E-state index in [1.165, 1.54) is 0 Å². The summed E-state index contributed by atoms with van der Waals surface area (Å²) in [5.41, 5.74) is -0.299. The minimum atomic E-state index is -0.458. The average Bonchev–Trinajstić information content (AvgIpc) is 2.76. The van der Waals surface area contributed by atoms with E-state index in [9.17, 15) is 4.79 Å². The monoisotopic (exact) mass is 243 g/mol. The van der Waals surface area contributed by atoms with Gasteiger partial charge >= 0.3 is 6.09 Å². The number of rotatable bonds is 3. The largest absolute Gasteiger partial charge is 0.444 e. The van der Waals surface area contributed by atoms with E-state index in [1.807, 2.05) is 20.8 Å². The van der Waals surface area contributed by atoms with Gasteiger partial charge in [-0.25, -0.2) is 4.79 Å². The van der Waals surface area contributed by atoms with Crippen molar-refractivity contribution in [3.8, 4) is 0 Å². The van der Waals surface area contributed by atoms with Crippen LogP contribution in [0.3, 0.4) is 0 Å². The third-order valence-corrected chi connectivity index (χ3v) is 2.34. The van der Waals surface area contributed by atoms with Crippen molar-refractivity contribution < 1.29 is 14.3 Å². The van der Waals surface area contributed by atoms with E-state index in [4.69, 9.17) is 9.47 Å². The molecule has 4 nitrogen and oxygen atoms in total. The molecule has 0 saturated carbocycles. The van der Waals surface area contributed by atoms with Gasteiger partial charge in [0.1, 0.15) is 11.7 Å². The van der Waals surface area contributed by atoms with Gasteiger partial charge in [-0.1, -0.05) is 20.8 Å². The zero-order valence-electron chi connectivity index (χ0n) is 11.8. The summed E-state index contributed by atoms with van der Waals surface area (Å²) in [4.78, 5) is 11.7. The van der Waals surface area contributed by atoms with Gasteiger partial charge in [-0.3, -0.25) is 0 Å². The fourth-order valence-corrected chi connectivity index (χ4v) is 1.68. The van der Waals surface area contributed by atoms with Gasteiger partial charge in [0.15, 0.2) is 0 Å². The van der Waals surface area contributed by atoms with Gasteiger partial charge in [0.2, 0.25) is 0 Å². The van der Waals surface area contributed by atoms with E-state index in [1.54, 1.807) is 0 Å². The lowest BCUT2D eigenvalue weighted by atomic mass is 9.87. The van der Waals surface area contributed by atoms with Gasteiger partial charge in [-0.2, -0.15) is 0 Å². The molecule has 0 aromatic carbocycles. The lowest BCUT2D eigenvalue weighted by Gasteiger charge is -2.27. The maximum Gasteiger partial charge on any atom is 0.407 e. The second-order valence-corrected chi connectivity index (χ2v) is 6.89. The highest BCUT2D eigenvalue weighted by Crippen LogP contribution is 2.27. The molecule has 100 valence electrons. The van der Waals surface area contributed by atoms with E-state index in [2.05, 4.69) is 26.1 Å². The molecule has 0 spiro atoms. The van der Waals surface area contributed by atoms with Crippen LogP contribution in [0.15, 0.2) is 0 Å². The lowest BCUT2D eigenvalue weighted by Crippen LogP contribution is -2.43. The van der Waals surface area contributed by atoms with Crippen LogP contribution < -0.4 is 5.32 Å². The zero-order valence-corrected chi connectivity index (χ0v) is 11.8. The number of alkyl carbamates (subject to hydrolysis) is 1. The number of amides is 1. The van der Waals surface area contributed by atoms with Gasteiger partial charge in [0.05, 0.1) is 12.6 Å². The van der Waals surface area contributed by atoms with Crippen molar-refractivity contribution >= 4 is 6.09 Å². The van der Waals surface area contributed by atoms with Crippen LogP contribution in [-0.2, 0) is 9.47 Å². The van der Waals surface area contributed by atoms with Crippen molar-refractivity contribution in [3.63, 3.8) is 0 Å². The van der Waals surface area contributed by atoms with Crippen LogP contribution in [0.2, 0.25) is 0 Å². The number of epoxide rings is 1.